The molecular formula is C14H15NO3S3. The van der Waals surface area contributed by atoms with Crippen LogP contribution in [0.3, 0.4) is 0 Å². The Labute approximate surface area is 132 Å². The van der Waals surface area contributed by atoms with Crippen LogP contribution in [0.5, 0.6) is 0 Å². The van der Waals surface area contributed by atoms with Gasteiger partial charge in [-0.1, -0.05) is 18.8 Å². The highest BCUT2D eigenvalue weighted by Gasteiger charge is 2.16. The fourth-order valence-electron chi connectivity index (χ4n) is 1.60. The molecule has 0 aliphatic heterocycles. The predicted molar refractivity (Wildman–Crippen MR) is 86.0 cm³/mol. The maximum Gasteiger partial charge on any atom is 0.250 e. The van der Waals surface area contributed by atoms with E-state index in [2.05, 4.69) is 16.6 Å². The molecule has 2 aromatic heterocycles. The van der Waals surface area contributed by atoms with Crippen LogP contribution in [-0.4, -0.2) is 20.1 Å². The first-order valence-electron chi connectivity index (χ1n) is 6.32. The van der Waals surface area contributed by atoms with Crippen LogP contribution in [0.4, 0.5) is 0 Å². The Kier molecular flexibility index (Phi) is 5.56. The van der Waals surface area contributed by atoms with Crippen LogP contribution in [-0.2, 0) is 23.0 Å². The third kappa shape index (κ3) is 4.40. The van der Waals surface area contributed by atoms with E-state index in [0.29, 0.717) is 4.21 Å². The van der Waals surface area contributed by atoms with Gasteiger partial charge in [0.05, 0.1) is 4.88 Å². The summed E-state index contributed by atoms with van der Waals surface area (Å²) in [6.07, 6.45) is 0.831. The Morgan fingerprint density at radius 2 is 1.95 bits per heavy atom. The van der Waals surface area contributed by atoms with Crippen molar-refractivity contribution in [2.75, 3.05) is 6.61 Å². The number of thiophene rings is 2. The average Bonchev–Trinajstić information content (AvgIpc) is 3.12. The topological polar surface area (TPSA) is 66.4 Å². The largest absolute Gasteiger partial charge is 0.384 e. The Bertz CT molecular complexity index is 763. The first kappa shape index (κ1) is 16.2. The first-order valence-corrected chi connectivity index (χ1v) is 9.43. The summed E-state index contributed by atoms with van der Waals surface area (Å²) in [5.41, 5.74) is 0. The molecule has 0 aliphatic rings. The molecule has 0 aromatic carbocycles. The summed E-state index contributed by atoms with van der Waals surface area (Å²) in [7, 11) is -3.46. The zero-order chi connectivity index (χ0) is 15.3. The molecular weight excluding hydrogens is 326 g/mol. The Balaban J connectivity index is 2.03. The van der Waals surface area contributed by atoms with Crippen LogP contribution in [0, 0.1) is 11.8 Å². The van der Waals surface area contributed by atoms with Crippen molar-refractivity contribution in [3.8, 4) is 11.8 Å². The lowest BCUT2D eigenvalue weighted by Gasteiger charge is -2.02. The van der Waals surface area contributed by atoms with Gasteiger partial charge in [-0.25, -0.2) is 13.1 Å². The molecule has 21 heavy (non-hydrogen) atoms. The van der Waals surface area contributed by atoms with Crippen molar-refractivity contribution in [1.29, 1.82) is 0 Å². The highest BCUT2D eigenvalue weighted by Crippen LogP contribution is 2.22. The number of aryl methyl sites for hydroxylation is 1. The second kappa shape index (κ2) is 7.20. The monoisotopic (exact) mass is 341 g/mol. The second-order valence-electron chi connectivity index (χ2n) is 4.12. The minimum absolute atomic E-state index is 0.183. The molecule has 0 radical (unpaired) electrons. The highest BCUT2D eigenvalue weighted by atomic mass is 32.2. The lowest BCUT2D eigenvalue weighted by atomic mass is 10.4. The second-order valence-corrected chi connectivity index (χ2v) is 8.46. The molecule has 0 spiro atoms. The van der Waals surface area contributed by atoms with E-state index in [4.69, 9.17) is 5.11 Å². The van der Waals surface area contributed by atoms with Crippen molar-refractivity contribution in [3.05, 3.63) is 38.9 Å². The predicted octanol–water partition coefficient (Wildman–Crippen LogP) is 2.19. The van der Waals surface area contributed by atoms with Crippen molar-refractivity contribution in [3.63, 3.8) is 0 Å². The molecule has 2 rings (SSSR count). The van der Waals surface area contributed by atoms with E-state index in [-0.39, 0.29) is 13.2 Å². The minimum atomic E-state index is -3.46. The summed E-state index contributed by atoms with van der Waals surface area (Å²) in [6.45, 7) is 2.06. The van der Waals surface area contributed by atoms with E-state index >= 15 is 0 Å². The van der Waals surface area contributed by atoms with E-state index in [9.17, 15) is 8.42 Å². The molecule has 2 aromatic rings. The van der Waals surface area contributed by atoms with Crippen LogP contribution < -0.4 is 4.72 Å². The van der Waals surface area contributed by atoms with Gasteiger partial charge in [0.25, 0.3) is 0 Å². The fourth-order valence-corrected chi connectivity index (χ4v) is 4.86. The van der Waals surface area contributed by atoms with Gasteiger partial charge < -0.3 is 5.11 Å². The van der Waals surface area contributed by atoms with Gasteiger partial charge in [0.2, 0.25) is 10.0 Å². The molecule has 0 fully saturated rings. The minimum Gasteiger partial charge on any atom is -0.384 e. The lowest BCUT2D eigenvalue weighted by molar-refractivity contribution is 0.350. The van der Waals surface area contributed by atoms with Gasteiger partial charge in [-0.3, -0.25) is 0 Å². The van der Waals surface area contributed by atoms with E-state index in [1.165, 1.54) is 22.7 Å². The number of nitrogens with one attached hydrogen (secondary N) is 1. The van der Waals surface area contributed by atoms with Crippen molar-refractivity contribution >= 4 is 32.7 Å². The molecule has 0 saturated carbocycles. The van der Waals surface area contributed by atoms with Gasteiger partial charge in [-0.15, -0.1) is 22.7 Å². The van der Waals surface area contributed by atoms with Crippen molar-refractivity contribution in [1.82, 2.24) is 4.72 Å². The van der Waals surface area contributed by atoms with Crippen LogP contribution >= 0.6 is 22.7 Å². The molecule has 0 bridgehead atoms. The van der Waals surface area contributed by atoms with Crippen LogP contribution in [0.25, 0.3) is 0 Å². The summed E-state index contributed by atoms with van der Waals surface area (Å²) in [6, 6.07) is 7.13. The molecule has 0 aliphatic carbocycles. The maximum absolute atomic E-state index is 12.2. The number of hydrogen-bond acceptors (Lipinski definition) is 5. The number of aliphatic hydroxyl groups excluding tert-OH is 1. The summed E-state index contributed by atoms with van der Waals surface area (Å²) < 4.78 is 27.3. The molecule has 0 unspecified atom stereocenters. The third-order valence-electron chi connectivity index (χ3n) is 2.64. The van der Waals surface area contributed by atoms with Gasteiger partial charge >= 0.3 is 0 Å². The summed E-state index contributed by atoms with van der Waals surface area (Å²) >= 11 is 2.70. The summed E-state index contributed by atoms with van der Waals surface area (Å²) in [4.78, 5) is 2.74. The summed E-state index contributed by atoms with van der Waals surface area (Å²) in [5.74, 6) is 5.36. The molecule has 0 amide bonds. The van der Waals surface area contributed by atoms with E-state index < -0.39 is 10.0 Å². The molecule has 7 heteroatoms. The maximum atomic E-state index is 12.2. The Morgan fingerprint density at radius 1 is 1.19 bits per heavy atom. The van der Waals surface area contributed by atoms with Crippen LogP contribution in [0.15, 0.2) is 28.5 Å². The van der Waals surface area contributed by atoms with E-state index in [1.807, 2.05) is 25.1 Å². The van der Waals surface area contributed by atoms with Gasteiger partial charge in [0, 0.05) is 16.3 Å². The van der Waals surface area contributed by atoms with Crippen molar-refractivity contribution in [2.24, 2.45) is 0 Å². The molecule has 4 nitrogen and oxygen atoms in total. The van der Waals surface area contributed by atoms with E-state index in [1.54, 1.807) is 6.07 Å². The number of hydrogen-bond donors (Lipinski definition) is 2. The zero-order valence-corrected chi connectivity index (χ0v) is 13.9. The van der Waals surface area contributed by atoms with Gasteiger partial charge in [0.15, 0.2) is 0 Å². The van der Waals surface area contributed by atoms with Gasteiger partial charge in [-0.2, -0.15) is 0 Å². The van der Waals surface area contributed by atoms with Crippen molar-refractivity contribution < 1.29 is 13.5 Å². The Hall–Kier alpha value is -1.17. The Morgan fingerprint density at radius 3 is 2.62 bits per heavy atom. The van der Waals surface area contributed by atoms with Crippen molar-refractivity contribution in [2.45, 2.75) is 24.1 Å². The first-order chi connectivity index (χ1) is 10.0. The highest BCUT2D eigenvalue weighted by molar-refractivity contribution is 7.91. The molecule has 112 valence electrons. The standard InChI is InChI=1S/C14H15NO3S3/c1-2-11-7-8-14(20-11)21(17,18)15-10-13-6-5-12(19-13)4-3-9-16/h5-8,15-16H,2,9-10H2,1H3. The third-order valence-corrected chi connectivity index (χ3v) is 6.76. The van der Waals surface area contributed by atoms with Gasteiger partial charge in [-0.05, 0) is 30.7 Å². The van der Waals surface area contributed by atoms with Gasteiger partial charge in [0.1, 0.15) is 10.8 Å². The van der Waals surface area contributed by atoms with E-state index in [0.717, 1.165) is 21.1 Å². The molecule has 2 heterocycles. The smallest absolute Gasteiger partial charge is 0.250 e. The molecule has 2 N–H and O–H groups in total. The van der Waals surface area contributed by atoms with Crippen LogP contribution in [0.2, 0.25) is 0 Å². The molecule has 0 saturated heterocycles. The number of aliphatic hydroxyl groups is 1. The SMILES string of the molecule is CCc1ccc(S(=O)(=O)NCc2ccc(C#CCO)s2)s1. The average molecular weight is 341 g/mol. The summed E-state index contributed by atoms with van der Waals surface area (Å²) in [5, 5.41) is 8.63. The fraction of sp³-hybridized carbons (Fsp3) is 0.286. The zero-order valence-electron chi connectivity index (χ0n) is 11.4. The van der Waals surface area contributed by atoms with Crippen LogP contribution in [0.1, 0.15) is 21.6 Å². The molecule has 0 atom stereocenters. The quantitative estimate of drug-likeness (QED) is 0.819. The lowest BCUT2D eigenvalue weighted by Crippen LogP contribution is -2.21. The number of rotatable bonds is 5. The number of sulfonamides is 1. The normalized spacial score (nSPS) is 11.1.